The van der Waals surface area contributed by atoms with Crippen LogP contribution in [-0.4, -0.2) is 34.6 Å². The lowest BCUT2D eigenvalue weighted by Gasteiger charge is -2.10. The molecule has 0 aliphatic heterocycles. The van der Waals surface area contributed by atoms with Crippen LogP contribution in [-0.2, 0) is 18.0 Å². The Morgan fingerprint density at radius 1 is 0.970 bits per heavy atom. The Kier molecular flexibility index (Phi) is 5.49. The lowest BCUT2D eigenvalue weighted by Crippen LogP contribution is -2.10. The molecule has 0 saturated carbocycles. The predicted molar refractivity (Wildman–Crippen MR) is 130 cm³/mol. The normalized spacial score (nSPS) is 12.1. The summed E-state index contributed by atoms with van der Waals surface area (Å²) in [7, 11) is 0.181. The average Bonchev–Trinajstić information content (AvgIpc) is 3.45. The molecule has 0 aliphatic carbocycles. The molecule has 4 heterocycles. The van der Waals surface area contributed by atoms with E-state index < -0.39 is 11.0 Å². The van der Waals surface area contributed by atoms with Gasteiger partial charge in [-0.25, -0.2) is 9.19 Å². The largest absolute Gasteiger partial charge is 0.306 e. The number of fused-ring (bicyclic) bond motifs is 1. The van der Waals surface area contributed by atoms with Gasteiger partial charge >= 0.3 is 0 Å². The summed E-state index contributed by atoms with van der Waals surface area (Å²) in [4.78, 5) is 8.71. The van der Waals surface area contributed by atoms with E-state index in [1.54, 1.807) is 27.7 Å². The number of aryl methyl sites for hydroxylation is 1. The molecule has 0 amide bonds. The molecule has 4 aromatic heterocycles. The minimum Gasteiger partial charge on any atom is -0.306 e. The summed E-state index contributed by atoms with van der Waals surface area (Å²) in [6, 6.07) is 13.2. The molecular formula is C23H18ClN7OS. The predicted octanol–water partition coefficient (Wildman–Crippen LogP) is 4.58. The standard InChI is InChI=1S/C23H18ClN7OS/c1-30-13-18(11-28-30)17-8-20(21(9-25)26-10-17)29-33(32)23-12-27-22-7-4-16(14-31(22)23)15-2-5-19(24)6-3-15/h2-14,25,29H,1H3. The molecule has 1 unspecified atom stereocenters. The summed E-state index contributed by atoms with van der Waals surface area (Å²) < 4.78 is 19.8. The zero-order valence-corrected chi connectivity index (χ0v) is 19.0. The third-order valence-corrected chi connectivity index (χ3v) is 6.47. The lowest BCUT2D eigenvalue weighted by molar-refractivity contribution is 0.682. The molecule has 0 radical (unpaired) electrons. The van der Waals surface area contributed by atoms with E-state index in [0.717, 1.165) is 28.5 Å². The Morgan fingerprint density at radius 2 is 1.76 bits per heavy atom. The van der Waals surface area contributed by atoms with Crippen LogP contribution < -0.4 is 4.72 Å². The second-order valence-electron chi connectivity index (χ2n) is 7.32. The van der Waals surface area contributed by atoms with E-state index in [1.165, 1.54) is 0 Å². The van der Waals surface area contributed by atoms with Gasteiger partial charge in [-0.15, -0.1) is 0 Å². The summed E-state index contributed by atoms with van der Waals surface area (Å²) in [6.07, 6.45) is 9.85. The van der Waals surface area contributed by atoms with Crippen LogP contribution >= 0.6 is 11.6 Å². The van der Waals surface area contributed by atoms with Crippen LogP contribution in [0.1, 0.15) is 5.69 Å². The minimum absolute atomic E-state index is 0.381. The summed E-state index contributed by atoms with van der Waals surface area (Å²) in [6.45, 7) is 0. The van der Waals surface area contributed by atoms with E-state index in [4.69, 9.17) is 17.0 Å². The molecule has 5 aromatic rings. The smallest absolute Gasteiger partial charge is 0.169 e. The SMILES string of the molecule is Cn1cc(-c2cnc(C=N)c(NS(=O)c3cnc4ccc(-c5ccc(Cl)cc5)cn34)c2)cn1. The first-order valence-electron chi connectivity index (χ1n) is 9.93. The first-order valence-corrected chi connectivity index (χ1v) is 11.5. The van der Waals surface area contributed by atoms with Crippen molar-refractivity contribution in [2.24, 2.45) is 7.05 Å². The first kappa shape index (κ1) is 21.0. The Morgan fingerprint density at radius 3 is 2.48 bits per heavy atom. The summed E-state index contributed by atoms with van der Waals surface area (Å²) in [5.74, 6) is 0. The third-order valence-electron chi connectivity index (χ3n) is 5.14. The van der Waals surface area contributed by atoms with Crippen molar-refractivity contribution in [1.82, 2.24) is 24.1 Å². The van der Waals surface area contributed by atoms with Crippen LogP contribution in [0.2, 0.25) is 5.02 Å². The van der Waals surface area contributed by atoms with Gasteiger partial charge in [-0.05, 0) is 41.5 Å². The number of pyridine rings is 2. The lowest BCUT2D eigenvalue weighted by atomic mass is 10.1. The van der Waals surface area contributed by atoms with Gasteiger partial charge in [0.15, 0.2) is 16.0 Å². The number of halogens is 1. The maximum Gasteiger partial charge on any atom is 0.169 e. The molecule has 0 aliphatic rings. The van der Waals surface area contributed by atoms with Crippen LogP contribution in [0.4, 0.5) is 5.69 Å². The van der Waals surface area contributed by atoms with Crippen molar-refractivity contribution in [1.29, 1.82) is 5.41 Å². The fourth-order valence-corrected chi connectivity index (χ4v) is 4.53. The van der Waals surface area contributed by atoms with Gasteiger partial charge in [-0.3, -0.25) is 18.8 Å². The minimum atomic E-state index is -1.65. The highest BCUT2D eigenvalue weighted by Gasteiger charge is 2.15. The molecular weight excluding hydrogens is 458 g/mol. The molecule has 8 nitrogen and oxygen atoms in total. The number of imidazole rings is 1. The van der Waals surface area contributed by atoms with Gasteiger partial charge in [0.25, 0.3) is 0 Å². The molecule has 33 heavy (non-hydrogen) atoms. The molecule has 2 N–H and O–H groups in total. The number of hydrogen-bond acceptors (Lipinski definition) is 5. The zero-order valence-electron chi connectivity index (χ0n) is 17.4. The van der Waals surface area contributed by atoms with Crippen molar-refractivity contribution in [2.45, 2.75) is 5.03 Å². The fourth-order valence-electron chi connectivity index (χ4n) is 3.46. The maximum atomic E-state index is 13.3. The number of anilines is 1. The Hall–Kier alpha value is -3.82. The van der Waals surface area contributed by atoms with Gasteiger partial charge in [0.05, 0.1) is 18.1 Å². The van der Waals surface area contributed by atoms with Crippen molar-refractivity contribution in [3.63, 3.8) is 0 Å². The average molecular weight is 476 g/mol. The summed E-state index contributed by atoms with van der Waals surface area (Å²) in [5, 5.41) is 13.0. The quantitative estimate of drug-likeness (QED) is 0.351. The van der Waals surface area contributed by atoms with Gasteiger partial charge in [0.2, 0.25) is 0 Å². The molecule has 0 spiro atoms. The van der Waals surface area contributed by atoms with Crippen molar-refractivity contribution < 1.29 is 4.21 Å². The van der Waals surface area contributed by atoms with E-state index in [2.05, 4.69) is 19.8 Å². The highest BCUT2D eigenvalue weighted by Crippen LogP contribution is 2.26. The summed E-state index contributed by atoms with van der Waals surface area (Å²) >= 11 is 6.01. The van der Waals surface area contributed by atoms with E-state index in [9.17, 15) is 4.21 Å². The summed E-state index contributed by atoms with van der Waals surface area (Å²) in [5.41, 5.74) is 5.14. The van der Waals surface area contributed by atoms with E-state index >= 15 is 0 Å². The van der Waals surface area contributed by atoms with Crippen LogP contribution in [0, 0.1) is 5.41 Å². The molecule has 10 heteroatoms. The van der Waals surface area contributed by atoms with Gasteiger partial charge < -0.3 is 5.41 Å². The van der Waals surface area contributed by atoms with Gasteiger partial charge in [0.1, 0.15) is 11.3 Å². The highest BCUT2D eigenvalue weighted by atomic mass is 35.5. The number of benzene rings is 1. The fraction of sp³-hybridized carbons (Fsp3) is 0.0435. The second-order valence-corrected chi connectivity index (χ2v) is 8.92. The molecule has 164 valence electrons. The molecule has 1 aromatic carbocycles. The van der Waals surface area contributed by atoms with E-state index in [-0.39, 0.29) is 0 Å². The Labute approximate surface area is 197 Å². The molecule has 0 bridgehead atoms. The van der Waals surface area contributed by atoms with E-state index in [0.29, 0.717) is 27.1 Å². The van der Waals surface area contributed by atoms with Crippen molar-refractivity contribution in [3.05, 3.63) is 84.2 Å². The van der Waals surface area contributed by atoms with Crippen LogP contribution in [0.25, 0.3) is 27.9 Å². The number of nitrogens with zero attached hydrogens (tertiary/aromatic N) is 5. The van der Waals surface area contributed by atoms with Crippen molar-refractivity contribution >= 4 is 40.1 Å². The number of hydrogen-bond donors (Lipinski definition) is 2. The van der Waals surface area contributed by atoms with Crippen LogP contribution in [0.5, 0.6) is 0 Å². The maximum absolute atomic E-state index is 13.3. The number of nitrogens with one attached hydrogen (secondary N) is 2. The highest BCUT2D eigenvalue weighted by molar-refractivity contribution is 7.86. The van der Waals surface area contributed by atoms with Gasteiger partial charge in [-0.1, -0.05) is 23.7 Å². The molecule has 1 atom stereocenters. The number of aromatic nitrogens is 5. The monoisotopic (exact) mass is 475 g/mol. The van der Waals surface area contributed by atoms with E-state index in [1.807, 2.05) is 61.9 Å². The van der Waals surface area contributed by atoms with Crippen LogP contribution in [0.3, 0.4) is 0 Å². The van der Waals surface area contributed by atoms with Gasteiger partial charge in [0, 0.05) is 48.0 Å². The Bertz CT molecular complexity index is 1510. The van der Waals surface area contributed by atoms with Gasteiger partial charge in [-0.2, -0.15) is 5.10 Å². The first-order chi connectivity index (χ1) is 16.0. The molecule has 0 saturated heterocycles. The zero-order chi connectivity index (χ0) is 22.9. The second kappa shape index (κ2) is 8.61. The molecule has 5 rings (SSSR count). The van der Waals surface area contributed by atoms with Crippen LogP contribution in [0.15, 0.2) is 78.5 Å². The Balaban J connectivity index is 1.50. The van der Waals surface area contributed by atoms with Crippen molar-refractivity contribution in [2.75, 3.05) is 4.72 Å². The molecule has 0 fully saturated rings. The third kappa shape index (κ3) is 4.15. The van der Waals surface area contributed by atoms with Crippen molar-refractivity contribution in [3.8, 4) is 22.3 Å². The number of rotatable bonds is 6. The topological polar surface area (TPSA) is 101 Å².